The molecule has 0 radical (unpaired) electrons. The maximum atomic E-state index is 5.82. The number of aromatic nitrogens is 2. The van der Waals surface area contributed by atoms with E-state index in [0.717, 1.165) is 18.9 Å². The minimum Gasteiger partial charge on any atom is -0.354 e. The van der Waals surface area contributed by atoms with E-state index in [1.807, 2.05) is 0 Å². The van der Waals surface area contributed by atoms with Crippen LogP contribution in [-0.4, -0.2) is 23.1 Å². The van der Waals surface area contributed by atoms with Crippen molar-refractivity contribution in [3.63, 3.8) is 0 Å². The van der Waals surface area contributed by atoms with Crippen LogP contribution in [0.5, 0.6) is 0 Å². The average molecular weight is 170 g/mol. The second-order valence-corrected chi connectivity index (χ2v) is 2.87. The summed E-state index contributed by atoms with van der Waals surface area (Å²) in [4.78, 5) is 10.2. The van der Waals surface area contributed by atoms with Crippen LogP contribution < -0.4 is 4.90 Å². The molecule has 58 valence electrons. The number of hydrogen-bond acceptors (Lipinski definition) is 3. The molecule has 2 heterocycles. The Morgan fingerprint density at radius 3 is 2.55 bits per heavy atom. The van der Waals surface area contributed by atoms with Gasteiger partial charge in [0.2, 0.25) is 0 Å². The van der Waals surface area contributed by atoms with Crippen LogP contribution >= 0.6 is 11.6 Å². The van der Waals surface area contributed by atoms with Crippen molar-refractivity contribution >= 4 is 17.4 Å². The lowest BCUT2D eigenvalue weighted by molar-refractivity contribution is 0.608. The summed E-state index contributed by atoms with van der Waals surface area (Å²) in [6.45, 7) is 2.11. The van der Waals surface area contributed by atoms with Crippen LogP contribution in [0.1, 0.15) is 6.42 Å². The van der Waals surface area contributed by atoms with Crippen LogP contribution in [-0.2, 0) is 0 Å². The van der Waals surface area contributed by atoms with Crippen LogP contribution in [0.25, 0.3) is 0 Å². The standard InChI is InChI=1S/C7H8ClN3/c8-6-7(10-3-2-9-6)11-4-1-5-11/h2-3H,1,4-5H2. The van der Waals surface area contributed by atoms with E-state index in [2.05, 4.69) is 14.9 Å². The Hall–Kier alpha value is -0.830. The monoisotopic (exact) mass is 169 g/mol. The normalized spacial score (nSPS) is 16.3. The predicted molar refractivity (Wildman–Crippen MR) is 43.9 cm³/mol. The van der Waals surface area contributed by atoms with Crippen molar-refractivity contribution in [2.45, 2.75) is 6.42 Å². The van der Waals surface area contributed by atoms with Crippen molar-refractivity contribution in [1.82, 2.24) is 9.97 Å². The molecule has 0 unspecified atom stereocenters. The molecule has 0 spiro atoms. The van der Waals surface area contributed by atoms with E-state index in [1.165, 1.54) is 6.42 Å². The van der Waals surface area contributed by atoms with E-state index in [9.17, 15) is 0 Å². The molecule has 0 saturated carbocycles. The van der Waals surface area contributed by atoms with Crippen molar-refractivity contribution in [3.05, 3.63) is 17.5 Å². The van der Waals surface area contributed by atoms with Crippen molar-refractivity contribution in [2.75, 3.05) is 18.0 Å². The van der Waals surface area contributed by atoms with Gasteiger partial charge in [-0.3, -0.25) is 0 Å². The molecule has 11 heavy (non-hydrogen) atoms. The van der Waals surface area contributed by atoms with Gasteiger partial charge in [-0.2, -0.15) is 0 Å². The first kappa shape index (κ1) is 6.85. The molecular formula is C7H8ClN3. The molecule has 4 heteroatoms. The van der Waals surface area contributed by atoms with Gasteiger partial charge in [0.05, 0.1) is 0 Å². The van der Waals surface area contributed by atoms with Crippen molar-refractivity contribution in [1.29, 1.82) is 0 Å². The summed E-state index contributed by atoms with van der Waals surface area (Å²) in [5.41, 5.74) is 0. The number of anilines is 1. The molecule has 1 saturated heterocycles. The van der Waals surface area contributed by atoms with E-state index >= 15 is 0 Å². The third kappa shape index (κ3) is 1.16. The Kier molecular flexibility index (Phi) is 1.66. The fraction of sp³-hybridized carbons (Fsp3) is 0.429. The molecule has 3 nitrogen and oxygen atoms in total. The number of rotatable bonds is 1. The predicted octanol–water partition coefficient (Wildman–Crippen LogP) is 1.34. The minimum absolute atomic E-state index is 0.507. The zero-order valence-electron chi connectivity index (χ0n) is 6.00. The highest BCUT2D eigenvalue weighted by atomic mass is 35.5. The fourth-order valence-electron chi connectivity index (χ4n) is 1.05. The molecule has 2 rings (SSSR count). The van der Waals surface area contributed by atoms with Crippen molar-refractivity contribution < 1.29 is 0 Å². The van der Waals surface area contributed by atoms with Crippen LogP contribution in [0.3, 0.4) is 0 Å². The fourth-order valence-corrected chi connectivity index (χ4v) is 1.28. The molecule has 0 amide bonds. The first-order valence-corrected chi connectivity index (χ1v) is 3.97. The summed E-state index contributed by atoms with van der Waals surface area (Å²) in [6.07, 6.45) is 4.50. The van der Waals surface area contributed by atoms with Gasteiger partial charge < -0.3 is 4.90 Å². The lowest BCUT2D eigenvalue weighted by Gasteiger charge is -2.31. The maximum Gasteiger partial charge on any atom is 0.171 e. The van der Waals surface area contributed by atoms with E-state index in [1.54, 1.807) is 12.4 Å². The molecule has 0 aliphatic carbocycles. The molecule has 0 N–H and O–H groups in total. The molecule has 1 aliphatic heterocycles. The third-order valence-electron chi connectivity index (χ3n) is 1.79. The lowest BCUT2D eigenvalue weighted by atomic mass is 10.2. The van der Waals surface area contributed by atoms with Crippen LogP contribution in [0.4, 0.5) is 5.82 Å². The summed E-state index contributed by atoms with van der Waals surface area (Å²) in [6, 6.07) is 0. The first-order valence-electron chi connectivity index (χ1n) is 3.59. The van der Waals surface area contributed by atoms with Gasteiger partial charge in [0, 0.05) is 25.5 Å². The molecule has 1 aromatic rings. The van der Waals surface area contributed by atoms with Gasteiger partial charge in [0.25, 0.3) is 0 Å². The number of nitrogens with zero attached hydrogens (tertiary/aromatic N) is 3. The van der Waals surface area contributed by atoms with E-state index in [0.29, 0.717) is 5.15 Å². The van der Waals surface area contributed by atoms with Crippen molar-refractivity contribution in [3.8, 4) is 0 Å². The lowest BCUT2D eigenvalue weighted by Crippen LogP contribution is -2.37. The Balaban J connectivity index is 2.28. The Labute approximate surface area is 70.0 Å². The summed E-state index contributed by atoms with van der Waals surface area (Å²) in [7, 11) is 0. The van der Waals surface area contributed by atoms with Crippen LogP contribution in [0, 0.1) is 0 Å². The number of hydrogen-bond donors (Lipinski definition) is 0. The number of halogens is 1. The molecule has 0 bridgehead atoms. The van der Waals surface area contributed by atoms with E-state index < -0.39 is 0 Å². The molecule has 1 aliphatic rings. The van der Waals surface area contributed by atoms with E-state index in [-0.39, 0.29) is 0 Å². The summed E-state index contributed by atoms with van der Waals surface area (Å²) in [5, 5.41) is 0.507. The average Bonchev–Trinajstić information content (AvgIpc) is 1.90. The molecule has 1 fully saturated rings. The highest BCUT2D eigenvalue weighted by Crippen LogP contribution is 2.23. The molecular weight excluding hydrogens is 162 g/mol. The second-order valence-electron chi connectivity index (χ2n) is 2.51. The molecule has 1 aromatic heterocycles. The third-order valence-corrected chi connectivity index (χ3v) is 2.06. The largest absolute Gasteiger partial charge is 0.354 e. The topological polar surface area (TPSA) is 29.0 Å². The van der Waals surface area contributed by atoms with Gasteiger partial charge in [-0.05, 0) is 6.42 Å². The van der Waals surface area contributed by atoms with Gasteiger partial charge in [-0.15, -0.1) is 0 Å². The van der Waals surface area contributed by atoms with Gasteiger partial charge >= 0.3 is 0 Å². The maximum absolute atomic E-state index is 5.82. The highest BCUT2D eigenvalue weighted by molar-refractivity contribution is 6.31. The van der Waals surface area contributed by atoms with Gasteiger partial charge in [0.15, 0.2) is 11.0 Å². The smallest absolute Gasteiger partial charge is 0.171 e. The van der Waals surface area contributed by atoms with Crippen molar-refractivity contribution in [2.24, 2.45) is 0 Å². The van der Waals surface area contributed by atoms with Crippen LogP contribution in [0.15, 0.2) is 12.4 Å². The first-order chi connectivity index (χ1) is 5.38. The SMILES string of the molecule is Clc1nccnc1N1CCC1. The highest BCUT2D eigenvalue weighted by Gasteiger charge is 2.18. The Morgan fingerprint density at radius 2 is 2.00 bits per heavy atom. The van der Waals surface area contributed by atoms with Gasteiger partial charge in [-0.25, -0.2) is 9.97 Å². The van der Waals surface area contributed by atoms with E-state index in [4.69, 9.17) is 11.6 Å². The quantitative estimate of drug-likeness (QED) is 0.636. The Bertz CT molecular complexity index is 260. The summed E-state index contributed by atoms with van der Waals surface area (Å²) < 4.78 is 0. The molecule has 0 atom stereocenters. The van der Waals surface area contributed by atoms with Gasteiger partial charge in [0.1, 0.15) is 0 Å². The second kappa shape index (κ2) is 2.66. The molecule has 0 aromatic carbocycles. The van der Waals surface area contributed by atoms with Gasteiger partial charge in [-0.1, -0.05) is 11.6 Å². The van der Waals surface area contributed by atoms with Crippen LogP contribution in [0.2, 0.25) is 5.15 Å². The summed E-state index contributed by atoms with van der Waals surface area (Å²) >= 11 is 5.82. The Morgan fingerprint density at radius 1 is 1.27 bits per heavy atom. The zero-order valence-corrected chi connectivity index (χ0v) is 6.75. The minimum atomic E-state index is 0.507. The summed E-state index contributed by atoms with van der Waals surface area (Å²) in [5.74, 6) is 0.820. The zero-order chi connectivity index (χ0) is 7.68.